The molecular formula is C20H24FNO4. The first kappa shape index (κ1) is 19.7. The third-order valence-electron chi connectivity index (χ3n) is 4.44. The van der Waals surface area contributed by atoms with Gasteiger partial charge in [0.25, 0.3) is 0 Å². The third-order valence-corrected chi connectivity index (χ3v) is 4.44. The largest absolute Gasteiger partial charge is 0.465 e. The Morgan fingerprint density at radius 1 is 1.12 bits per heavy atom. The quantitative estimate of drug-likeness (QED) is 0.654. The molecule has 0 bridgehead atoms. The van der Waals surface area contributed by atoms with Crippen molar-refractivity contribution in [3.63, 3.8) is 0 Å². The first-order valence-electron chi connectivity index (χ1n) is 8.80. The van der Waals surface area contributed by atoms with Crippen LogP contribution in [0.3, 0.4) is 0 Å². The van der Waals surface area contributed by atoms with E-state index in [0.717, 1.165) is 5.56 Å². The number of furan rings is 1. The lowest BCUT2D eigenvalue weighted by atomic mass is 10.1. The maximum absolute atomic E-state index is 12.9. The summed E-state index contributed by atoms with van der Waals surface area (Å²) in [5.74, 6) is 0.295. The minimum absolute atomic E-state index is 0.0757. The van der Waals surface area contributed by atoms with Gasteiger partial charge < -0.3 is 14.4 Å². The Kier molecular flexibility index (Phi) is 6.95. The zero-order valence-electron chi connectivity index (χ0n) is 15.1. The van der Waals surface area contributed by atoms with Crippen molar-refractivity contribution in [1.29, 1.82) is 0 Å². The zero-order chi connectivity index (χ0) is 19.1. The number of hydrogen-bond donors (Lipinski definition) is 1. The van der Waals surface area contributed by atoms with Crippen molar-refractivity contribution in [2.24, 2.45) is 0 Å². The lowest BCUT2D eigenvalue weighted by Gasteiger charge is -2.27. The summed E-state index contributed by atoms with van der Waals surface area (Å²) in [7, 11) is 0. The standard InChI is InChI=1S/C20H24FNO4/c1-3-16(4-2)22(20(24)25)12-11-18(23)19-10-9-17(26-19)13-14-5-7-15(21)8-6-14/h5-10,16H,3-4,11-13H2,1-2H3,(H,24,25). The van der Waals surface area contributed by atoms with Crippen molar-refractivity contribution in [2.45, 2.75) is 45.6 Å². The molecule has 0 spiro atoms. The number of hydrogen-bond acceptors (Lipinski definition) is 3. The van der Waals surface area contributed by atoms with E-state index >= 15 is 0 Å². The molecule has 6 heteroatoms. The number of benzene rings is 1. The monoisotopic (exact) mass is 361 g/mol. The molecular weight excluding hydrogens is 337 g/mol. The zero-order valence-corrected chi connectivity index (χ0v) is 15.1. The summed E-state index contributed by atoms with van der Waals surface area (Å²) >= 11 is 0. The van der Waals surface area contributed by atoms with E-state index < -0.39 is 6.09 Å². The van der Waals surface area contributed by atoms with Gasteiger partial charge in [0.05, 0.1) is 0 Å². The van der Waals surface area contributed by atoms with Crippen molar-refractivity contribution in [1.82, 2.24) is 4.90 Å². The Morgan fingerprint density at radius 2 is 1.77 bits per heavy atom. The van der Waals surface area contributed by atoms with E-state index in [1.54, 1.807) is 24.3 Å². The SMILES string of the molecule is CCC(CC)N(CCC(=O)c1ccc(Cc2ccc(F)cc2)o1)C(=O)O. The van der Waals surface area contributed by atoms with Gasteiger partial charge in [0.1, 0.15) is 11.6 Å². The lowest BCUT2D eigenvalue weighted by molar-refractivity contribution is 0.0905. The predicted octanol–water partition coefficient (Wildman–Crippen LogP) is 4.75. The summed E-state index contributed by atoms with van der Waals surface area (Å²) < 4.78 is 18.5. The van der Waals surface area contributed by atoms with Gasteiger partial charge in [0, 0.05) is 25.4 Å². The van der Waals surface area contributed by atoms with Crippen LogP contribution in [0.5, 0.6) is 0 Å². The molecule has 1 aromatic carbocycles. The topological polar surface area (TPSA) is 70.8 Å². The molecule has 0 fully saturated rings. The molecule has 0 aliphatic carbocycles. The number of ketones is 1. The smallest absolute Gasteiger partial charge is 0.407 e. The van der Waals surface area contributed by atoms with Gasteiger partial charge in [-0.25, -0.2) is 9.18 Å². The van der Waals surface area contributed by atoms with E-state index in [1.165, 1.54) is 17.0 Å². The van der Waals surface area contributed by atoms with Crippen molar-refractivity contribution in [3.05, 3.63) is 59.3 Å². The van der Waals surface area contributed by atoms with Crippen LogP contribution in [0.2, 0.25) is 0 Å². The molecule has 0 aliphatic rings. The van der Waals surface area contributed by atoms with E-state index in [4.69, 9.17) is 4.42 Å². The molecule has 1 heterocycles. The number of halogens is 1. The molecule has 140 valence electrons. The second kappa shape index (κ2) is 9.17. The van der Waals surface area contributed by atoms with E-state index in [9.17, 15) is 19.1 Å². The van der Waals surface area contributed by atoms with E-state index in [-0.39, 0.29) is 36.4 Å². The van der Waals surface area contributed by atoms with Crippen molar-refractivity contribution < 1.29 is 23.5 Å². The molecule has 0 aliphatic heterocycles. The number of carboxylic acid groups (broad SMARTS) is 1. The molecule has 5 nitrogen and oxygen atoms in total. The molecule has 0 unspecified atom stereocenters. The normalized spacial score (nSPS) is 10.9. The van der Waals surface area contributed by atoms with E-state index in [1.807, 2.05) is 13.8 Å². The second-order valence-electron chi connectivity index (χ2n) is 6.19. The molecule has 1 aromatic heterocycles. The number of carbonyl (C=O) groups is 2. The van der Waals surface area contributed by atoms with Crippen molar-refractivity contribution >= 4 is 11.9 Å². The Hall–Kier alpha value is -2.63. The average Bonchev–Trinajstić information content (AvgIpc) is 3.08. The molecule has 1 amide bonds. The number of amides is 1. The van der Waals surface area contributed by atoms with Crippen molar-refractivity contribution in [3.8, 4) is 0 Å². The maximum atomic E-state index is 12.9. The Balaban J connectivity index is 1.96. The minimum Gasteiger partial charge on any atom is -0.465 e. The first-order valence-corrected chi connectivity index (χ1v) is 8.80. The van der Waals surface area contributed by atoms with Crippen LogP contribution in [-0.4, -0.2) is 34.5 Å². The molecule has 0 radical (unpaired) electrons. The van der Waals surface area contributed by atoms with Crippen LogP contribution in [0.15, 0.2) is 40.8 Å². The highest BCUT2D eigenvalue weighted by Gasteiger charge is 2.22. The highest BCUT2D eigenvalue weighted by Crippen LogP contribution is 2.16. The van der Waals surface area contributed by atoms with Gasteiger partial charge in [-0.2, -0.15) is 0 Å². The van der Waals surface area contributed by atoms with E-state index in [0.29, 0.717) is 25.0 Å². The first-order chi connectivity index (χ1) is 12.4. The summed E-state index contributed by atoms with van der Waals surface area (Å²) in [6.45, 7) is 4.01. The molecule has 2 rings (SSSR count). The number of nitrogens with zero attached hydrogens (tertiary/aromatic N) is 1. The molecule has 0 saturated heterocycles. The predicted molar refractivity (Wildman–Crippen MR) is 96.0 cm³/mol. The number of Topliss-reactive ketones (excluding diaryl/α,β-unsaturated/α-hetero) is 1. The van der Waals surface area contributed by atoms with Gasteiger partial charge >= 0.3 is 6.09 Å². The maximum Gasteiger partial charge on any atom is 0.407 e. The Morgan fingerprint density at radius 3 is 2.35 bits per heavy atom. The molecule has 0 saturated carbocycles. The van der Waals surface area contributed by atoms with Crippen LogP contribution in [0.25, 0.3) is 0 Å². The highest BCUT2D eigenvalue weighted by atomic mass is 19.1. The molecule has 0 atom stereocenters. The van der Waals surface area contributed by atoms with E-state index in [2.05, 4.69) is 0 Å². The second-order valence-corrected chi connectivity index (χ2v) is 6.19. The summed E-state index contributed by atoms with van der Waals surface area (Å²) in [5.41, 5.74) is 0.880. The molecule has 26 heavy (non-hydrogen) atoms. The summed E-state index contributed by atoms with van der Waals surface area (Å²) in [4.78, 5) is 25.0. The fraction of sp³-hybridized carbons (Fsp3) is 0.400. The van der Waals surface area contributed by atoms with Crippen LogP contribution in [0, 0.1) is 5.82 Å². The summed E-state index contributed by atoms with van der Waals surface area (Å²) in [6, 6.07) is 9.31. The average molecular weight is 361 g/mol. The lowest BCUT2D eigenvalue weighted by Crippen LogP contribution is -2.40. The fourth-order valence-corrected chi connectivity index (χ4v) is 2.94. The van der Waals surface area contributed by atoms with Crippen LogP contribution in [-0.2, 0) is 6.42 Å². The number of carbonyl (C=O) groups excluding carboxylic acids is 1. The minimum atomic E-state index is -1.01. The summed E-state index contributed by atoms with van der Waals surface area (Å²) in [5, 5.41) is 9.34. The van der Waals surface area contributed by atoms with Crippen LogP contribution in [0.4, 0.5) is 9.18 Å². The van der Waals surface area contributed by atoms with Crippen LogP contribution < -0.4 is 0 Å². The highest BCUT2D eigenvalue weighted by molar-refractivity contribution is 5.93. The van der Waals surface area contributed by atoms with Gasteiger partial charge in [-0.1, -0.05) is 26.0 Å². The van der Waals surface area contributed by atoms with Gasteiger partial charge in [0.2, 0.25) is 0 Å². The third kappa shape index (κ3) is 5.18. The Labute approximate surface area is 152 Å². The van der Waals surface area contributed by atoms with Gasteiger partial charge in [-0.3, -0.25) is 4.79 Å². The molecule has 2 aromatic rings. The van der Waals surface area contributed by atoms with Crippen LogP contribution >= 0.6 is 0 Å². The van der Waals surface area contributed by atoms with Gasteiger partial charge in [0.15, 0.2) is 11.5 Å². The van der Waals surface area contributed by atoms with Gasteiger partial charge in [-0.05, 0) is 42.7 Å². The van der Waals surface area contributed by atoms with Gasteiger partial charge in [-0.15, -0.1) is 0 Å². The number of rotatable bonds is 9. The fourth-order valence-electron chi connectivity index (χ4n) is 2.94. The Bertz CT molecular complexity index is 735. The van der Waals surface area contributed by atoms with Crippen LogP contribution in [0.1, 0.15) is 55.0 Å². The molecule has 1 N–H and O–H groups in total. The summed E-state index contributed by atoms with van der Waals surface area (Å²) in [6.07, 6.45) is 0.941. The van der Waals surface area contributed by atoms with Crippen molar-refractivity contribution in [2.75, 3.05) is 6.54 Å².